The molecule has 0 saturated heterocycles. The topological polar surface area (TPSA) is 126 Å². The summed E-state index contributed by atoms with van der Waals surface area (Å²) in [7, 11) is -3.58. The third kappa shape index (κ3) is 5.00. The lowest BCUT2D eigenvalue weighted by molar-refractivity contribution is 0.0690. The number of aromatic carboxylic acids is 1. The van der Waals surface area contributed by atoms with Crippen LogP contribution in [0.5, 0.6) is 0 Å². The minimum atomic E-state index is -3.58. The summed E-state index contributed by atoms with van der Waals surface area (Å²) in [5.41, 5.74) is 6.60. The first-order valence-corrected chi connectivity index (χ1v) is 10.4. The van der Waals surface area contributed by atoms with Gasteiger partial charge in [-0.15, -0.1) is 0 Å². The zero-order chi connectivity index (χ0) is 20.1. The SMILES string of the molecule is NC1CC1.O=C(O)c1cccc(C2=CCN(S(=O)(=O)c3cccnc3)CC2)n1. The van der Waals surface area contributed by atoms with Crippen LogP contribution in [-0.4, -0.2) is 52.9 Å². The first-order chi connectivity index (χ1) is 13.4. The standard InChI is InChI=1S/C16H15N3O4S.C3H7N/c20-16(21)15-5-1-4-14(18-15)12-6-9-19(10-7-12)24(22,23)13-3-2-8-17-11-13;4-3-1-2-3/h1-6,8,11H,7,9-10H2,(H,20,21);3H,1-2,4H2. The van der Waals surface area contributed by atoms with Crippen molar-refractivity contribution >= 4 is 21.6 Å². The molecule has 1 fully saturated rings. The first-order valence-electron chi connectivity index (χ1n) is 8.93. The number of hydrogen-bond donors (Lipinski definition) is 2. The van der Waals surface area contributed by atoms with E-state index in [9.17, 15) is 13.2 Å². The van der Waals surface area contributed by atoms with Gasteiger partial charge in [0.15, 0.2) is 0 Å². The second-order valence-corrected chi connectivity index (χ2v) is 8.52. The predicted molar refractivity (Wildman–Crippen MR) is 104 cm³/mol. The molecule has 0 atom stereocenters. The maximum absolute atomic E-state index is 12.5. The monoisotopic (exact) mass is 402 g/mol. The Morgan fingerprint density at radius 3 is 2.50 bits per heavy atom. The van der Waals surface area contributed by atoms with Gasteiger partial charge in [0.25, 0.3) is 0 Å². The minimum absolute atomic E-state index is 0.0289. The number of sulfonamides is 1. The summed E-state index contributed by atoms with van der Waals surface area (Å²) in [6.45, 7) is 0.521. The van der Waals surface area contributed by atoms with E-state index in [0.29, 0.717) is 24.7 Å². The fourth-order valence-electron chi connectivity index (χ4n) is 2.58. The van der Waals surface area contributed by atoms with E-state index in [1.807, 2.05) is 0 Å². The van der Waals surface area contributed by atoms with Crippen LogP contribution in [0.4, 0.5) is 0 Å². The van der Waals surface area contributed by atoms with Gasteiger partial charge in [0.05, 0.1) is 5.69 Å². The van der Waals surface area contributed by atoms with Crippen molar-refractivity contribution in [2.24, 2.45) is 5.73 Å². The average Bonchev–Trinajstić information content (AvgIpc) is 3.51. The van der Waals surface area contributed by atoms with E-state index in [0.717, 1.165) is 5.57 Å². The number of hydrogen-bond acceptors (Lipinski definition) is 6. The minimum Gasteiger partial charge on any atom is -0.477 e. The highest BCUT2D eigenvalue weighted by atomic mass is 32.2. The number of rotatable bonds is 4. The largest absolute Gasteiger partial charge is 0.477 e. The summed E-state index contributed by atoms with van der Waals surface area (Å²) < 4.78 is 26.4. The number of carboxylic acids is 1. The summed E-state index contributed by atoms with van der Waals surface area (Å²) in [5.74, 6) is -1.09. The molecule has 1 aliphatic carbocycles. The normalized spacial score (nSPS) is 17.2. The van der Waals surface area contributed by atoms with Crippen LogP contribution in [0.3, 0.4) is 0 Å². The number of nitrogens with two attached hydrogens (primary N) is 1. The van der Waals surface area contributed by atoms with Gasteiger partial charge in [0.2, 0.25) is 10.0 Å². The van der Waals surface area contributed by atoms with Gasteiger partial charge in [-0.3, -0.25) is 4.98 Å². The Morgan fingerprint density at radius 2 is 1.96 bits per heavy atom. The zero-order valence-electron chi connectivity index (χ0n) is 15.2. The van der Waals surface area contributed by atoms with Crippen LogP contribution < -0.4 is 5.73 Å². The van der Waals surface area contributed by atoms with Crippen molar-refractivity contribution in [3.8, 4) is 0 Å². The molecule has 148 valence electrons. The number of carboxylic acid groups (broad SMARTS) is 1. The third-order valence-corrected chi connectivity index (χ3v) is 6.21. The molecule has 0 aromatic carbocycles. The van der Waals surface area contributed by atoms with Crippen molar-refractivity contribution in [1.29, 1.82) is 0 Å². The molecule has 0 amide bonds. The van der Waals surface area contributed by atoms with E-state index in [1.54, 1.807) is 24.3 Å². The summed E-state index contributed by atoms with van der Waals surface area (Å²) in [6.07, 6.45) is 7.61. The molecule has 4 rings (SSSR count). The summed E-state index contributed by atoms with van der Waals surface area (Å²) >= 11 is 0. The second kappa shape index (κ2) is 8.59. The van der Waals surface area contributed by atoms with Gasteiger partial charge in [-0.25, -0.2) is 18.2 Å². The molecule has 3 heterocycles. The van der Waals surface area contributed by atoms with Gasteiger partial charge < -0.3 is 10.8 Å². The van der Waals surface area contributed by atoms with Crippen LogP contribution in [0, 0.1) is 0 Å². The van der Waals surface area contributed by atoms with Crippen molar-refractivity contribution in [2.75, 3.05) is 13.1 Å². The Balaban J connectivity index is 0.000000500. The summed E-state index contributed by atoms with van der Waals surface area (Å²) in [6, 6.07) is 8.46. The van der Waals surface area contributed by atoms with E-state index in [-0.39, 0.29) is 17.1 Å². The smallest absolute Gasteiger partial charge is 0.354 e. The number of aromatic nitrogens is 2. The van der Waals surface area contributed by atoms with Crippen LogP contribution in [0.2, 0.25) is 0 Å². The fourth-order valence-corrected chi connectivity index (χ4v) is 3.92. The molecular weight excluding hydrogens is 380 g/mol. The third-order valence-electron chi connectivity index (χ3n) is 4.36. The van der Waals surface area contributed by atoms with Crippen molar-refractivity contribution in [1.82, 2.24) is 14.3 Å². The Kier molecular flexibility index (Phi) is 6.18. The van der Waals surface area contributed by atoms with Gasteiger partial charge in [-0.2, -0.15) is 4.31 Å². The van der Waals surface area contributed by atoms with E-state index in [1.165, 1.54) is 41.7 Å². The lowest BCUT2D eigenvalue weighted by Crippen LogP contribution is -2.34. The molecule has 0 spiro atoms. The molecule has 9 heteroatoms. The average molecular weight is 402 g/mol. The molecule has 0 bridgehead atoms. The lowest BCUT2D eigenvalue weighted by atomic mass is 10.1. The maximum Gasteiger partial charge on any atom is 0.354 e. The van der Waals surface area contributed by atoms with E-state index in [2.05, 4.69) is 9.97 Å². The van der Waals surface area contributed by atoms with Crippen molar-refractivity contribution < 1.29 is 18.3 Å². The second-order valence-electron chi connectivity index (χ2n) is 6.58. The molecule has 2 aliphatic rings. The predicted octanol–water partition coefficient (Wildman–Crippen LogP) is 1.76. The molecule has 1 saturated carbocycles. The van der Waals surface area contributed by atoms with Gasteiger partial charge in [0, 0.05) is 31.5 Å². The van der Waals surface area contributed by atoms with Crippen LogP contribution in [0.15, 0.2) is 53.7 Å². The van der Waals surface area contributed by atoms with Crippen LogP contribution in [-0.2, 0) is 10.0 Å². The quantitative estimate of drug-likeness (QED) is 0.798. The van der Waals surface area contributed by atoms with Crippen LogP contribution in [0.25, 0.3) is 5.57 Å². The van der Waals surface area contributed by atoms with Crippen molar-refractivity contribution in [3.63, 3.8) is 0 Å². The first kappa shape index (κ1) is 20.1. The number of carbonyl (C=O) groups is 1. The van der Waals surface area contributed by atoms with E-state index in [4.69, 9.17) is 10.8 Å². The zero-order valence-corrected chi connectivity index (χ0v) is 16.0. The van der Waals surface area contributed by atoms with Crippen molar-refractivity contribution in [2.45, 2.75) is 30.2 Å². The highest BCUT2D eigenvalue weighted by molar-refractivity contribution is 7.89. The Bertz CT molecular complexity index is 972. The van der Waals surface area contributed by atoms with E-state index >= 15 is 0 Å². The number of pyridine rings is 2. The molecule has 2 aromatic rings. The molecule has 28 heavy (non-hydrogen) atoms. The van der Waals surface area contributed by atoms with Gasteiger partial charge in [0.1, 0.15) is 10.6 Å². The van der Waals surface area contributed by atoms with Crippen LogP contribution in [0.1, 0.15) is 35.4 Å². The summed E-state index contributed by atoms with van der Waals surface area (Å²) in [5, 5.41) is 9.01. The summed E-state index contributed by atoms with van der Waals surface area (Å²) in [4.78, 5) is 19.1. The molecule has 3 N–H and O–H groups in total. The van der Waals surface area contributed by atoms with Gasteiger partial charge in [-0.05, 0) is 49.1 Å². The van der Waals surface area contributed by atoms with Gasteiger partial charge in [-0.1, -0.05) is 12.1 Å². The highest BCUT2D eigenvalue weighted by Crippen LogP contribution is 2.24. The molecule has 0 radical (unpaired) electrons. The maximum atomic E-state index is 12.5. The lowest BCUT2D eigenvalue weighted by Gasteiger charge is -2.25. The van der Waals surface area contributed by atoms with Crippen LogP contribution >= 0.6 is 0 Å². The molecule has 2 aromatic heterocycles. The van der Waals surface area contributed by atoms with E-state index < -0.39 is 16.0 Å². The Labute approximate surface area is 163 Å². The van der Waals surface area contributed by atoms with Gasteiger partial charge >= 0.3 is 5.97 Å². The Hall–Kier alpha value is -2.62. The molecule has 8 nitrogen and oxygen atoms in total. The highest BCUT2D eigenvalue weighted by Gasteiger charge is 2.26. The van der Waals surface area contributed by atoms with Crippen molar-refractivity contribution in [3.05, 3.63) is 60.2 Å². The molecule has 0 unspecified atom stereocenters. The number of nitrogens with zero attached hydrogens (tertiary/aromatic N) is 3. The molecule has 1 aliphatic heterocycles. The fraction of sp³-hybridized carbons (Fsp3) is 0.316. The molecular formula is C19H22N4O4S. The Morgan fingerprint density at radius 1 is 1.21 bits per heavy atom.